The topological polar surface area (TPSA) is 63.5 Å². The average molecular weight is 315 g/mol. The van der Waals surface area contributed by atoms with Crippen LogP contribution in [0.15, 0.2) is 40.6 Å². The van der Waals surface area contributed by atoms with Gasteiger partial charge in [-0.1, -0.05) is 18.2 Å². The fourth-order valence-corrected chi connectivity index (χ4v) is 3.54. The lowest BCUT2D eigenvalue weighted by Gasteiger charge is -2.25. The minimum Gasteiger partial charge on any atom is -0.311 e. The van der Waals surface area contributed by atoms with E-state index in [-0.39, 0.29) is 12.3 Å². The summed E-state index contributed by atoms with van der Waals surface area (Å²) in [6.07, 6.45) is 1.76. The summed E-state index contributed by atoms with van der Waals surface area (Å²) < 4.78 is 15.8. The van der Waals surface area contributed by atoms with Gasteiger partial charge in [-0.2, -0.15) is 4.98 Å². The first-order valence-corrected chi connectivity index (χ1v) is 7.57. The second-order valence-corrected chi connectivity index (χ2v) is 5.93. The fourth-order valence-electron chi connectivity index (χ4n) is 2.84. The van der Waals surface area contributed by atoms with Crippen molar-refractivity contribution < 1.29 is 9.18 Å². The summed E-state index contributed by atoms with van der Waals surface area (Å²) in [5.74, 6) is -0.906. The molecule has 0 saturated carbocycles. The summed E-state index contributed by atoms with van der Waals surface area (Å²) in [5, 5.41) is 4.50. The molecule has 0 radical (unpaired) electrons. The van der Waals surface area contributed by atoms with E-state index in [1.165, 1.54) is 17.4 Å². The summed E-state index contributed by atoms with van der Waals surface area (Å²) in [6, 6.07) is 6.20. The Morgan fingerprint density at radius 1 is 1.32 bits per heavy atom. The summed E-state index contributed by atoms with van der Waals surface area (Å²) in [6.45, 7) is 0. The SMILES string of the molecule is O=C1C[C@@H](c2ccccc2F)c2c(n3ccsc3nc2=O)N1. The van der Waals surface area contributed by atoms with Crippen LogP contribution in [0.4, 0.5) is 10.2 Å². The Labute approximate surface area is 128 Å². The van der Waals surface area contributed by atoms with Crippen LogP contribution in [0.1, 0.15) is 23.5 Å². The standard InChI is InChI=1S/C15H10FN3O2S/c16-10-4-2-1-3-8(10)9-7-11(20)17-13-12(9)14(21)18-15-19(13)5-6-22-15/h1-6,9H,7H2,(H,17,20)/t9-/m0/s1. The zero-order valence-corrected chi connectivity index (χ0v) is 12.1. The number of benzene rings is 1. The smallest absolute Gasteiger partial charge is 0.279 e. The zero-order chi connectivity index (χ0) is 15.3. The number of nitrogens with one attached hydrogen (secondary N) is 1. The quantitative estimate of drug-likeness (QED) is 0.750. The van der Waals surface area contributed by atoms with E-state index in [0.29, 0.717) is 21.9 Å². The van der Waals surface area contributed by atoms with Crippen molar-refractivity contribution in [3.05, 3.63) is 63.1 Å². The summed E-state index contributed by atoms with van der Waals surface area (Å²) >= 11 is 1.30. The molecule has 2 aromatic heterocycles. The molecule has 1 amide bonds. The van der Waals surface area contributed by atoms with Gasteiger partial charge >= 0.3 is 0 Å². The van der Waals surface area contributed by atoms with Crippen molar-refractivity contribution >= 4 is 28.0 Å². The minimum atomic E-state index is -0.623. The summed E-state index contributed by atoms with van der Waals surface area (Å²) in [7, 11) is 0. The lowest BCUT2D eigenvalue weighted by atomic mass is 9.86. The van der Waals surface area contributed by atoms with Gasteiger partial charge in [0.05, 0.1) is 5.56 Å². The maximum atomic E-state index is 14.1. The van der Waals surface area contributed by atoms with Gasteiger partial charge in [0.1, 0.15) is 11.6 Å². The van der Waals surface area contributed by atoms with Crippen LogP contribution >= 0.6 is 11.3 Å². The van der Waals surface area contributed by atoms with Crippen LogP contribution in [0, 0.1) is 5.82 Å². The lowest BCUT2D eigenvalue weighted by Crippen LogP contribution is -2.32. The molecule has 0 aliphatic carbocycles. The average Bonchev–Trinajstić information content (AvgIpc) is 2.95. The van der Waals surface area contributed by atoms with Crippen molar-refractivity contribution in [3.8, 4) is 0 Å². The van der Waals surface area contributed by atoms with Crippen LogP contribution in [-0.4, -0.2) is 15.3 Å². The third kappa shape index (κ3) is 1.86. The van der Waals surface area contributed by atoms with E-state index in [1.807, 2.05) is 0 Å². The highest BCUT2D eigenvalue weighted by Crippen LogP contribution is 2.36. The molecular formula is C15H10FN3O2S. The Balaban J connectivity index is 2.04. The largest absolute Gasteiger partial charge is 0.311 e. The second-order valence-electron chi connectivity index (χ2n) is 5.06. The predicted molar refractivity (Wildman–Crippen MR) is 80.8 cm³/mol. The first-order valence-electron chi connectivity index (χ1n) is 6.69. The molecule has 4 rings (SSSR count). The van der Waals surface area contributed by atoms with E-state index in [4.69, 9.17) is 0 Å². The Morgan fingerprint density at radius 3 is 2.95 bits per heavy atom. The molecule has 3 aromatic rings. The van der Waals surface area contributed by atoms with E-state index in [2.05, 4.69) is 10.3 Å². The molecule has 1 atom stereocenters. The Kier molecular flexibility index (Phi) is 2.83. The maximum Gasteiger partial charge on any atom is 0.279 e. The Hall–Kier alpha value is -2.54. The van der Waals surface area contributed by atoms with E-state index in [9.17, 15) is 14.0 Å². The summed E-state index contributed by atoms with van der Waals surface area (Å²) in [4.78, 5) is 28.9. The van der Waals surface area contributed by atoms with Crippen LogP contribution in [0.2, 0.25) is 0 Å². The van der Waals surface area contributed by atoms with E-state index in [1.54, 1.807) is 34.2 Å². The third-order valence-electron chi connectivity index (χ3n) is 3.79. The molecule has 0 fully saturated rings. The van der Waals surface area contributed by atoms with Crippen LogP contribution in [0.5, 0.6) is 0 Å². The highest BCUT2D eigenvalue weighted by Gasteiger charge is 2.32. The summed E-state index contributed by atoms with van der Waals surface area (Å²) in [5.41, 5.74) is 0.249. The number of carbonyl (C=O) groups excluding carboxylic acids is 1. The van der Waals surface area contributed by atoms with E-state index < -0.39 is 17.3 Å². The fraction of sp³-hybridized carbons (Fsp3) is 0.133. The number of hydrogen-bond acceptors (Lipinski definition) is 4. The van der Waals surface area contributed by atoms with Gasteiger partial charge in [-0.25, -0.2) is 4.39 Å². The molecule has 22 heavy (non-hydrogen) atoms. The predicted octanol–water partition coefficient (Wildman–Crippen LogP) is 2.37. The van der Waals surface area contributed by atoms with Crippen molar-refractivity contribution in [3.63, 3.8) is 0 Å². The van der Waals surface area contributed by atoms with Crippen LogP contribution in [-0.2, 0) is 4.79 Å². The van der Waals surface area contributed by atoms with Crippen molar-refractivity contribution in [1.29, 1.82) is 0 Å². The molecule has 1 aromatic carbocycles. The molecular weight excluding hydrogens is 305 g/mol. The number of halogens is 1. The Morgan fingerprint density at radius 2 is 2.14 bits per heavy atom. The molecule has 1 aliphatic rings. The molecule has 1 N–H and O–H groups in total. The molecule has 3 heterocycles. The lowest BCUT2D eigenvalue weighted by molar-refractivity contribution is -0.116. The molecule has 0 saturated heterocycles. The second kappa shape index (κ2) is 4.74. The van der Waals surface area contributed by atoms with Gasteiger partial charge in [-0.05, 0) is 11.6 Å². The highest BCUT2D eigenvalue weighted by molar-refractivity contribution is 7.15. The van der Waals surface area contributed by atoms with Crippen molar-refractivity contribution in [2.24, 2.45) is 0 Å². The van der Waals surface area contributed by atoms with Crippen molar-refractivity contribution in [2.75, 3.05) is 5.32 Å². The number of rotatable bonds is 1. The number of nitrogens with zero attached hydrogens (tertiary/aromatic N) is 2. The maximum absolute atomic E-state index is 14.1. The molecule has 110 valence electrons. The van der Waals surface area contributed by atoms with Gasteiger partial charge < -0.3 is 5.32 Å². The Bertz CT molecular complexity index is 963. The highest BCUT2D eigenvalue weighted by atomic mass is 32.1. The number of carbonyl (C=O) groups is 1. The van der Waals surface area contributed by atoms with Crippen LogP contribution < -0.4 is 10.9 Å². The number of thiazole rings is 1. The van der Waals surface area contributed by atoms with Gasteiger partial charge in [-0.15, -0.1) is 11.3 Å². The van der Waals surface area contributed by atoms with Gasteiger partial charge in [0, 0.05) is 23.9 Å². The number of fused-ring (bicyclic) bond motifs is 3. The van der Waals surface area contributed by atoms with Gasteiger partial charge in [-0.3, -0.25) is 14.0 Å². The normalized spacial score (nSPS) is 17.3. The zero-order valence-electron chi connectivity index (χ0n) is 11.2. The minimum absolute atomic E-state index is 0.0288. The monoisotopic (exact) mass is 315 g/mol. The van der Waals surface area contributed by atoms with Gasteiger partial charge in [0.2, 0.25) is 5.91 Å². The van der Waals surface area contributed by atoms with E-state index in [0.717, 1.165) is 0 Å². The van der Waals surface area contributed by atoms with Gasteiger partial charge in [0.25, 0.3) is 5.56 Å². The first kappa shape index (κ1) is 13.1. The third-order valence-corrected chi connectivity index (χ3v) is 4.55. The first-order chi connectivity index (χ1) is 10.6. The molecule has 1 aliphatic heterocycles. The van der Waals surface area contributed by atoms with Crippen molar-refractivity contribution in [1.82, 2.24) is 9.38 Å². The number of aromatic nitrogens is 2. The molecule has 5 nitrogen and oxygen atoms in total. The van der Waals surface area contributed by atoms with E-state index >= 15 is 0 Å². The van der Waals surface area contributed by atoms with Crippen LogP contribution in [0.25, 0.3) is 4.96 Å². The van der Waals surface area contributed by atoms with Crippen molar-refractivity contribution in [2.45, 2.75) is 12.3 Å². The molecule has 0 unspecified atom stereocenters. The number of amides is 1. The number of hydrogen-bond donors (Lipinski definition) is 1. The molecule has 7 heteroatoms. The van der Waals surface area contributed by atoms with Gasteiger partial charge in [0.15, 0.2) is 4.96 Å². The van der Waals surface area contributed by atoms with Crippen LogP contribution in [0.3, 0.4) is 0 Å². The molecule has 0 spiro atoms. The number of anilines is 1. The molecule has 0 bridgehead atoms.